The highest BCUT2D eigenvalue weighted by atomic mass is 16.6. The van der Waals surface area contributed by atoms with Crippen LogP contribution in [0.2, 0.25) is 0 Å². The van der Waals surface area contributed by atoms with Gasteiger partial charge in [0.25, 0.3) is 0 Å². The molecular weight excluding hydrogens is 476 g/mol. The van der Waals surface area contributed by atoms with Crippen LogP contribution in [0.25, 0.3) is 0 Å². The molecule has 6 heteroatoms. The summed E-state index contributed by atoms with van der Waals surface area (Å²) in [5.41, 5.74) is 0.822. The van der Waals surface area contributed by atoms with Gasteiger partial charge in [-0.15, -0.1) is 0 Å². The topological polar surface area (TPSA) is 76.7 Å². The van der Waals surface area contributed by atoms with Gasteiger partial charge in [0, 0.05) is 12.1 Å². The van der Waals surface area contributed by atoms with Gasteiger partial charge in [0.05, 0.1) is 0 Å². The molecule has 0 radical (unpaired) electrons. The molecule has 1 aliphatic rings. The Balaban J connectivity index is 1.71. The molecule has 2 aromatic rings. The summed E-state index contributed by atoms with van der Waals surface area (Å²) in [4.78, 5) is 25.9. The standard InChI is InChI=1S/C32H46N2O4/c1-6-8-15-24-16-13-14-19-27(24)38-29(35)33-25-21-31(3,4)23-32(5,22-25)28(20-9-7-2)34-30(36)37-26-17-11-10-12-18-26/h10-14,16-19,25,28H,6-9,15,20-23H2,1-5H3,(H,33,35)(H,34,36). The molecule has 2 aromatic carbocycles. The van der Waals surface area contributed by atoms with Gasteiger partial charge in [-0.05, 0) is 73.1 Å². The maximum atomic E-state index is 13.0. The number of rotatable bonds is 11. The molecule has 0 saturated heterocycles. The highest BCUT2D eigenvalue weighted by molar-refractivity contribution is 5.71. The second-order valence-corrected chi connectivity index (χ2v) is 11.9. The van der Waals surface area contributed by atoms with Crippen molar-refractivity contribution in [3.8, 4) is 11.5 Å². The number of unbranched alkanes of at least 4 members (excludes halogenated alkanes) is 2. The van der Waals surface area contributed by atoms with Crippen LogP contribution in [-0.4, -0.2) is 24.3 Å². The highest BCUT2D eigenvalue weighted by Crippen LogP contribution is 2.49. The molecule has 1 aliphatic carbocycles. The van der Waals surface area contributed by atoms with Gasteiger partial charge in [-0.25, -0.2) is 9.59 Å². The summed E-state index contributed by atoms with van der Waals surface area (Å²) < 4.78 is 11.4. The number of para-hydroxylation sites is 2. The number of hydrogen-bond donors (Lipinski definition) is 2. The monoisotopic (exact) mass is 522 g/mol. The van der Waals surface area contributed by atoms with Gasteiger partial charge in [0.2, 0.25) is 0 Å². The fourth-order valence-corrected chi connectivity index (χ4v) is 6.15. The summed E-state index contributed by atoms with van der Waals surface area (Å²) in [5, 5.41) is 6.34. The molecule has 0 aromatic heterocycles. The van der Waals surface area contributed by atoms with Crippen LogP contribution < -0.4 is 20.1 Å². The Morgan fingerprint density at radius 1 is 0.895 bits per heavy atom. The van der Waals surface area contributed by atoms with Crippen molar-refractivity contribution in [2.24, 2.45) is 10.8 Å². The zero-order valence-corrected chi connectivity index (χ0v) is 23.8. The average molecular weight is 523 g/mol. The van der Waals surface area contributed by atoms with Gasteiger partial charge < -0.3 is 20.1 Å². The van der Waals surface area contributed by atoms with E-state index in [0.717, 1.165) is 63.4 Å². The zero-order chi connectivity index (χ0) is 27.6. The van der Waals surface area contributed by atoms with Crippen molar-refractivity contribution in [3.05, 3.63) is 60.2 Å². The lowest BCUT2D eigenvalue weighted by Gasteiger charge is -2.50. The molecule has 1 fully saturated rings. The van der Waals surface area contributed by atoms with E-state index in [0.29, 0.717) is 11.5 Å². The van der Waals surface area contributed by atoms with E-state index >= 15 is 0 Å². The van der Waals surface area contributed by atoms with E-state index in [-0.39, 0.29) is 22.9 Å². The van der Waals surface area contributed by atoms with E-state index in [9.17, 15) is 9.59 Å². The average Bonchev–Trinajstić information content (AvgIpc) is 2.85. The molecule has 2 amide bonds. The van der Waals surface area contributed by atoms with Crippen LogP contribution in [0.15, 0.2) is 54.6 Å². The van der Waals surface area contributed by atoms with Crippen LogP contribution in [0.5, 0.6) is 11.5 Å². The fourth-order valence-electron chi connectivity index (χ4n) is 6.15. The molecule has 0 bridgehead atoms. The molecule has 1 saturated carbocycles. The molecule has 0 spiro atoms. The summed E-state index contributed by atoms with van der Waals surface area (Å²) in [6.45, 7) is 11.0. The summed E-state index contributed by atoms with van der Waals surface area (Å²) >= 11 is 0. The summed E-state index contributed by atoms with van der Waals surface area (Å²) in [5.74, 6) is 1.15. The third-order valence-corrected chi connectivity index (χ3v) is 7.62. The summed E-state index contributed by atoms with van der Waals surface area (Å²) in [7, 11) is 0. The third kappa shape index (κ3) is 8.78. The van der Waals surface area contributed by atoms with Crippen molar-refractivity contribution in [2.45, 2.75) is 104 Å². The number of nitrogens with one attached hydrogen (secondary N) is 2. The molecule has 38 heavy (non-hydrogen) atoms. The van der Waals surface area contributed by atoms with Gasteiger partial charge >= 0.3 is 12.2 Å². The van der Waals surface area contributed by atoms with E-state index in [2.05, 4.69) is 45.3 Å². The minimum absolute atomic E-state index is 0.0144. The maximum absolute atomic E-state index is 13.0. The van der Waals surface area contributed by atoms with E-state index in [1.807, 2.05) is 42.5 Å². The first kappa shape index (κ1) is 29.5. The SMILES string of the molecule is CCCCc1ccccc1OC(=O)NC1CC(C)(C)CC(C)(C(CCCC)NC(=O)Oc2ccccc2)C1. The second-order valence-electron chi connectivity index (χ2n) is 11.9. The first-order valence-electron chi connectivity index (χ1n) is 14.2. The molecular formula is C32H46N2O4. The van der Waals surface area contributed by atoms with Crippen LogP contribution in [0.1, 0.15) is 91.5 Å². The molecule has 3 atom stereocenters. The van der Waals surface area contributed by atoms with Crippen molar-refractivity contribution in [2.75, 3.05) is 0 Å². The molecule has 0 heterocycles. The highest BCUT2D eigenvalue weighted by Gasteiger charge is 2.46. The Morgan fingerprint density at radius 3 is 2.29 bits per heavy atom. The van der Waals surface area contributed by atoms with Crippen LogP contribution in [0, 0.1) is 10.8 Å². The molecule has 3 rings (SSSR count). The largest absolute Gasteiger partial charge is 0.412 e. The van der Waals surface area contributed by atoms with Crippen molar-refractivity contribution in [3.63, 3.8) is 0 Å². The van der Waals surface area contributed by atoms with Gasteiger partial charge in [-0.2, -0.15) is 0 Å². The number of carbonyl (C=O) groups is 2. The lowest BCUT2D eigenvalue weighted by molar-refractivity contribution is 0.0367. The Kier molecular flexibility index (Phi) is 10.6. The van der Waals surface area contributed by atoms with Gasteiger partial charge in [0.15, 0.2) is 0 Å². The Hall–Kier alpha value is -3.02. The molecule has 3 unspecified atom stereocenters. The number of amides is 2. The van der Waals surface area contributed by atoms with E-state index in [1.165, 1.54) is 0 Å². The van der Waals surface area contributed by atoms with E-state index < -0.39 is 12.2 Å². The minimum atomic E-state index is -0.436. The van der Waals surface area contributed by atoms with Gasteiger partial charge in [-0.1, -0.05) is 90.3 Å². The lowest BCUT2D eigenvalue weighted by atomic mass is 9.59. The normalized spacial score (nSPS) is 21.2. The van der Waals surface area contributed by atoms with Crippen molar-refractivity contribution in [1.29, 1.82) is 0 Å². The predicted molar refractivity (Wildman–Crippen MR) is 153 cm³/mol. The number of aryl methyl sites for hydroxylation is 1. The minimum Gasteiger partial charge on any atom is -0.410 e. The van der Waals surface area contributed by atoms with Crippen LogP contribution in [0.4, 0.5) is 9.59 Å². The first-order valence-corrected chi connectivity index (χ1v) is 14.2. The lowest BCUT2D eigenvalue weighted by Crippen LogP contribution is -2.55. The summed E-state index contributed by atoms with van der Waals surface area (Å²) in [6.07, 6.45) is 7.61. The number of benzene rings is 2. The zero-order valence-electron chi connectivity index (χ0n) is 23.8. The Morgan fingerprint density at radius 2 is 1.58 bits per heavy atom. The molecule has 2 N–H and O–H groups in total. The molecule has 208 valence electrons. The van der Waals surface area contributed by atoms with Crippen LogP contribution in [0.3, 0.4) is 0 Å². The summed E-state index contributed by atoms with van der Waals surface area (Å²) in [6, 6.07) is 16.8. The number of hydrogen-bond acceptors (Lipinski definition) is 4. The first-order chi connectivity index (χ1) is 18.1. The van der Waals surface area contributed by atoms with Crippen molar-refractivity contribution >= 4 is 12.2 Å². The van der Waals surface area contributed by atoms with Crippen molar-refractivity contribution < 1.29 is 19.1 Å². The van der Waals surface area contributed by atoms with Gasteiger partial charge in [-0.3, -0.25) is 0 Å². The van der Waals surface area contributed by atoms with Gasteiger partial charge in [0.1, 0.15) is 11.5 Å². The van der Waals surface area contributed by atoms with Crippen molar-refractivity contribution in [1.82, 2.24) is 10.6 Å². The maximum Gasteiger partial charge on any atom is 0.412 e. The Bertz CT molecular complexity index is 1040. The van der Waals surface area contributed by atoms with Crippen LogP contribution in [-0.2, 0) is 6.42 Å². The number of carbonyl (C=O) groups excluding carboxylic acids is 2. The smallest absolute Gasteiger partial charge is 0.410 e. The number of ether oxygens (including phenoxy) is 2. The van der Waals surface area contributed by atoms with E-state index in [4.69, 9.17) is 9.47 Å². The second kappa shape index (κ2) is 13.7. The van der Waals surface area contributed by atoms with E-state index in [1.54, 1.807) is 12.1 Å². The molecule has 6 nitrogen and oxygen atoms in total. The molecule has 0 aliphatic heterocycles. The fraction of sp³-hybridized carbons (Fsp3) is 0.562. The quantitative estimate of drug-likeness (QED) is 0.313. The van der Waals surface area contributed by atoms with Crippen LogP contribution >= 0.6 is 0 Å². The predicted octanol–water partition coefficient (Wildman–Crippen LogP) is 8.05. The third-order valence-electron chi connectivity index (χ3n) is 7.62. The Labute approximate surface area is 228 Å².